The molecule has 26 heavy (non-hydrogen) atoms. The predicted octanol–water partition coefficient (Wildman–Crippen LogP) is 3.63. The van der Waals surface area contributed by atoms with Crippen LogP contribution in [0.3, 0.4) is 0 Å². The zero-order chi connectivity index (χ0) is 19.2. The number of carboxylic acid groups (broad SMARTS) is 1. The minimum absolute atomic E-state index is 0.0426. The largest absolute Gasteiger partial charge is 0.481 e. The van der Waals surface area contributed by atoms with Gasteiger partial charge >= 0.3 is 12.1 Å². The van der Waals surface area contributed by atoms with Gasteiger partial charge in [0.2, 0.25) is 5.91 Å². The van der Waals surface area contributed by atoms with Crippen LogP contribution in [0.2, 0.25) is 0 Å². The summed E-state index contributed by atoms with van der Waals surface area (Å²) in [6.07, 6.45) is -5.08. The summed E-state index contributed by atoms with van der Waals surface area (Å²) >= 11 is 6.67. The fourth-order valence-corrected chi connectivity index (χ4v) is 4.28. The van der Waals surface area contributed by atoms with Crippen LogP contribution in [-0.2, 0) is 22.6 Å². The summed E-state index contributed by atoms with van der Waals surface area (Å²) in [4.78, 5) is 24.4. The van der Waals surface area contributed by atoms with Gasteiger partial charge in [0.25, 0.3) is 0 Å². The monoisotopic (exact) mass is 497 g/mol. The number of aromatic nitrogens is 2. The van der Waals surface area contributed by atoms with Crippen molar-refractivity contribution in [3.05, 3.63) is 26.3 Å². The van der Waals surface area contributed by atoms with Gasteiger partial charge < -0.3 is 10.0 Å². The number of carbonyl (C=O) groups is 2. The van der Waals surface area contributed by atoms with Gasteiger partial charge in [-0.1, -0.05) is 0 Å². The molecule has 1 amide bonds. The van der Waals surface area contributed by atoms with E-state index in [4.69, 9.17) is 5.11 Å². The molecule has 140 valence electrons. The van der Waals surface area contributed by atoms with Crippen LogP contribution < -0.4 is 0 Å². The van der Waals surface area contributed by atoms with Gasteiger partial charge in [0.05, 0.1) is 12.3 Å². The predicted molar refractivity (Wildman–Crippen MR) is 92.4 cm³/mol. The zero-order valence-corrected chi connectivity index (χ0v) is 16.2. The molecular formula is C15H12Br2F3N3O3. The number of aromatic amines is 1. The third-order valence-electron chi connectivity index (χ3n) is 4.21. The van der Waals surface area contributed by atoms with E-state index in [-0.39, 0.29) is 13.0 Å². The molecule has 1 atom stereocenters. The summed E-state index contributed by atoms with van der Waals surface area (Å²) in [5, 5.41) is 16.5. The lowest BCUT2D eigenvalue weighted by molar-refractivity contribution is -0.165. The number of nitrogens with zero attached hydrogens (tertiary/aromatic N) is 2. The highest BCUT2D eigenvalue weighted by atomic mass is 79.9. The highest BCUT2D eigenvalue weighted by molar-refractivity contribution is 9.11. The summed E-state index contributed by atoms with van der Waals surface area (Å²) in [5.74, 6) is -3.11. The summed E-state index contributed by atoms with van der Waals surface area (Å²) < 4.78 is 40.0. The van der Waals surface area contributed by atoms with E-state index in [0.717, 1.165) is 0 Å². The molecule has 3 rings (SSSR count). The Bertz CT molecular complexity index is 898. The second-order valence-electron chi connectivity index (χ2n) is 6.07. The Morgan fingerprint density at radius 2 is 2.12 bits per heavy atom. The van der Waals surface area contributed by atoms with Crippen molar-refractivity contribution in [2.75, 3.05) is 6.54 Å². The molecule has 0 spiro atoms. The Morgan fingerprint density at radius 3 is 2.73 bits per heavy atom. The van der Waals surface area contributed by atoms with E-state index in [1.165, 1.54) is 0 Å². The highest BCUT2D eigenvalue weighted by Crippen LogP contribution is 2.37. The number of carboxylic acids is 1. The van der Waals surface area contributed by atoms with Gasteiger partial charge in [-0.05, 0) is 55.5 Å². The number of aliphatic carboxylic acids is 1. The number of nitrogens with one attached hydrogen (secondary N) is 1. The summed E-state index contributed by atoms with van der Waals surface area (Å²) in [5.41, 5.74) is 1.66. The van der Waals surface area contributed by atoms with Crippen molar-refractivity contribution in [1.29, 1.82) is 0 Å². The molecule has 0 bridgehead atoms. The number of H-pyrrole nitrogens is 1. The van der Waals surface area contributed by atoms with Crippen molar-refractivity contribution in [3.63, 3.8) is 0 Å². The summed E-state index contributed by atoms with van der Waals surface area (Å²) in [6, 6.07) is 1.68. The Balaban J connectivity index is 2.16. The Morgan fingerprint density at radius 1 is 1.42 bits per heavy atom. The number of carbonyl (C=O) groups excluding carboxylic acids is 1. The molecule has 0 radical (unpaired) electrons. The number of fused-ring (bicyclic) bond motifs is 3. The quantitative estimate of drug-likeness (QED) is 0.676. The van der Waals surface area contributed by atoms with Gasteiger partial charge in [-0.25, -0.2) is 0 Å². The molecule has 2 aromatic rings. The molecule has 1 aromatic heterocycles. The average Bonchev–Trinajstić information content (AvgIpc) is 2.84. The number of benzene rings is 1. The second-order valence-corrected chi connectivity index (χ2v) is 7.71. The molecule has 11 heteroatoms. The van der Waals surface area contributed by atoms with E-state index in [1.54, 1.807) is 6.07 Å². The third-order valence-corrected chi connectivity index (χ3v) is 5.38. The minimum Gasteiger partial charge on any atom is -0.481 e. The Hall–Kier alpha value is -1.62. The van der Waals surface area contributed by atoms with Gasteiger partial charge in [-0.15, -0.1) is 0 Å². The first-order chi connectivity index (χ1) is 12.1. The first-order valence-corrected chi connectivity index (χ1v) is 9.06. The molecule has 2 N–H and O–H groups in total. The fraction of sp³-hybridized carbons (Fsp3) is 0.400. The zero-order valence-electron chi connectivity index (χ0n) is 13.0. The summed E-state index contributed by atoms with van der Waals surface area (Å²) in [7, 11) is 0. The minimum atomic E-state index is -4.59. The van der Waals surface area contributed by atoms with E-state index in [0.29, 0.717) is 36.0 Å². The van der Waals surface area contributed by atoms with Crippen molar-refractivity contribution >= 4 is 54.6 Å². The SMILES string of the molecule is O=C(O)CC1Cc2cc(Br)c3n[nH]c(Br)c3c2CN(CC(F)(F)F)C1=O. The van der Waals surface area contributed by atoms with E-state index < -0.39 is 36.9 Å². The van der Waals surface area contributed by atoms with E-state index in [1.807, 2.05) is 0 Å². The standard InChI is InChI=1S/C15H12Br2F3N3O3/c16-9-2-6-1-7(3-10(24)25)14(26)23(5-15(18,19)20)4-8(6)11-12(9)21-22-13(11)17/h2,7H,1,3-5H2,(H,21,22)(H,24,25). The maximum atomic E-state index is 13.0. The molecule has 0 saturated heterocycles. The van der Waals surface area contributed by atoms with Crippen LogP contribution in [0.1, 0.15) is 17.5 Å². The van der Waals surface area contributed by atoms with Gasteiger partial charge in [-0.2, -0.15) is 18.3 Å². The van der Waals surface area contributed by atoms with Crippen LogP contribution in [-0.4, -0.2) is 44.8 Å². The van der Waals surface area contributed by atoms with Crippen LogP contribution in [0.15, 0.2) is 15.1 Å². The lowest BCUT2D eigenvalue weighted by Gasteiger charge is -2.25. The van der Waals surface area contributed by atoms with Crippen molar-refractivity contribution in [1.82, 2.24) is 15.1 Å². The molecule has 1 aliphatic rings. The molecule has 0 saturated carbocycles. The number of rotatable bonds is 3. The number of halogens is 5. The summed E-state index contributed by atoms with van der Waals surface area (Å²) in [6.45, 7) is -1.71. The van der Waals surface area contributed by atoms with Gasteiger partial charge in [0.15, 0.2) is 0 Å². The lowest BCUT2D eigenvalue weighted by atomic mass is 9.93. The van der Waals surface area contributed by atoms with Crippen LogP contribution >= 0.6 is 31.9 Å². The van der Waals surface area contributed by atoms with Crippen molar-refractivity contribution < 1.29 is 27.9 Å². The topological polar surface area (TPSA) is 86.3 Å². The molecule has 1 aliphatic heterocycles. The average molecular weight is 499 g/mol. The Kier molecular flexibility index (Phi) is 5.04. The van der Waals surface area contributed by atoms with Gasteiger partial charge in [-0.3, -0.25) is 14.7 Å². The van der Waals surface area contributed by atoms with Crippen LogP contribution in [0.4, 0.5) is 13.2 Å². The second kappa shape index (κ2) is 6.84. The molecule has 1 aromatic carbocycles. The van der Waals surface area contributed by atoms with Crippen molar-refractivity contribution in [2.45, 2.75) is 25.6 Å². The van der Waals surface area contributed by atoms with Crippen molar-refractivity contribution in [2.24, 2.45) is 5.92 Å². The molecule has 1 unspecified atom stereocenters. The number of hydrogen-bond donors (Lipinski definition) is 2. The van der Waals surface area contributed by atoms with E-state index >= 15 is 0 Å². The van der Waals surface area contributed by atoms with Crippen LogP contribution in [0, 0.1) is 5.92 Å². The maximum Gasteiger partial charge on any atom is 0.406 e. The smallest absolute Gasteiger partial charge is 0.406 e. The van der Waals surface area contributed by atoms with Crippen molar-refractivity contribution in [3.8, 4) is 0 Å². The highest BCUT2D eigenvalue weighted by Gasteiger charge is 2.39. The number of hydrogen-bond acceptors (Lipinski definition) is 3. The fourth-order valence-electron chi connectivity index (χ4n) is 3.20. The van der Waals surface area contributed by atoms with E-state index in [2.05, 4.69) is 42.1 Å². The normalized spacial score (nSPS) is 18.1. The molecular weight excluding hydrogens is 487 g/mol. The van der Waals surface area contributed by atoms with E-state index in [9.17, 15) is 22.8 Å². The molecule has 6 nitrogen and oxygen atoms in total. The Labute approximate surface area is 162 Å². The maximum absolute atomic E-state index is 13.0. The number of alkyl halides is 3. The first kappa shape index (κ1) is 19.2. The number of amides is 1. The molecule has 0 aliphatic carbocycles. The van der Waals surface area contributed by atoms with Crippen LogP contribution in [0.5, 0.6) is 0 Å². The first-order valence-electron chi connectivity index (χ1n) is 7.48. The molecule has 2 heterocycles. The third kappa shape index (κ3) is 3.73. The lowest BCUT2D eigenvalue weighted by Crippen LogP contribution is -2.41. The van der Waals surface area contributed by atoms with Crippen LogP contribution in [0.25, 0.3) is 10.9 Å². The molecule has 0 fully saturated rings. The van der Waals surface area contributed by atoms with Gasteiger partial charge in [0, 0.05) is 16.4 Å². The van der Waals surface area contributed by atoms with Gasteiger partial charge in [0.1, 0.15) is 16.7 Å².